The second kappa shape index (κ2) is 8.02. The van der Waals surface area contributed by atoms with Crippen molar-refractivity contribution in [2.24, 2.45) is 0 Å². The summed E-state index contributed by atoms with van der Waals surface area (Å²) in [5.41, 5.74) is 3.34. The normalized spacial score (nSPS) is 14.2. The summed E-state index contributed by atoms with van der Waals surface area (Å²) in [7, 11) is 0. The van der Waals surface area contributed by atoms with E-state index in [4.69, 9.17) is 23.2 Å². The van der Waals surface area contributed by atoms with Crippen LogP contribution in [0.5, 0.6) is 0 Å². The molecule has 126 valence electrons. The predicted molar refractivity (Wildman–Crippen MR) is 98.8 cm³/mol. The zero-order valence-electron chi connectivity index (χ0n) is 13.4. The molecule has 0 unspecified atom stereocenters. The number of carbonyl (C=O) groups is 1. The van der Waals surface area contributed by atoms with Crippen molar-refractivity contribution in [3.8, 4) is 0 Å². The summed E-state index contributed by atoms with van der Waals surface area (Å²) in [6.45, 7) is 3.68. The highest BCUT2D eigenvalue weighted by molar-refractivity contribution is 6.36. The van der Waals surface area contributed by atoms with Gasteiger partial charge in [-0.3, -0.25) is 9.69 Å². The van der Waals surface area contributed by atoms with Crippen molar-refractivity contribution in [2.45, 2.75) is 19.4 Å². The Bertz CT molecular complexity index is 733. The van der Waals surface area contributed by atoms with Crippen LogP contribution in [0.15, 0.2) is 42.5 Å². The van der Waals surface area contributed by atoms with Gasteiger partial charge in [0.25, 0.3) is 5.91 Å². The Kier molecular flexibility index (Phi) is 5.77. The molecule has 0 saturated heterocycles. The van der Waals surface area contributed by atoms with Gasteiger partial charge in [-0.1, -0.05) is 47.5 Å². The van der Waals surface area contributed by atoms with Gasteiger partial charge in [-0.2, -0.15) is 0 Å². The number of benzene rings is 2. The van der Waals surface area contributed by atoms with E-state index >= 15 is 0 Å². The van der Waals surface area contributed by atoms with Gasteiger partial charge in [-0.25, -0.2) is 0 Å². The van der Waals surface area contributed by atoms with Crippen molar-refractivity contribution >= 4 is 29.1 Å². The summed E-state index contributed by atoms with van der Waals surface area (Å²) >= 11 is 11.9. The van der Waals surface area contributed by atoms with Crippen molar-refractivity contribution in [2.75, 3.05) is 19.6 Å². The number of hydrogen-bond donors (Lipinski definition) is 1. The number of nitrogens with zero attached hydrogens (tertiary/aromatic N) is 1. The molecule has 1 aliphatic heterocycles. The lowest BCUT2D eigenvalue weighted by molar-refractivity contribution is 0.0951. The molecule has 0 radical (unpaired) electrons. The Morgan fingerprint density at radius 2 is 1.92 bits per heavy atom. The molecule has 24 heavy (non-hydrogen) atoms. The third-order valence-corrected chi connectivity index (χ3v) is 4.87. The first kappa shape index (κ1) is 17.3. The minimum atomic E-state index is -0.152. The number of carbonyl (C=O) groups excluding carboxylic acids is 1. The number of hydrogen-bond acceptors (Lipinski definition) is 2. The fraction of sp³-hybridized carbons (Fsp3) is 0.316. The van der Waals surface area contributed by atoms with Crippen molar-refractivity contribution < 1.29 is 4.79 Å². The molecule has 0 spiro atoms. The zero-order valence-corrected chi connectivity index (χ0v) is 14.9. The molecule has 1 aliphatic rings. The fourth-order valence-corrected chi connectivity index (χ4v) is 3.51. The Hall–Kier alpha value is -1.55. The van der Waals surface area contributed by atoms with E-state index in [2.05, 4.69) is 34.5 Å². The van der Waals surface area contributed by atoms with Crippen LogP contribution in [0, 0.1) is 0 Å². The quantitative estimate of drug-likeness (QED) is 0.809. The standard InChI is InChI=1S/C19H20Cl2N2O/c20-16-6-7-17(18(21)12-16)19(24)22-9-3-10-23-11-8-14-4-1-2-5-15(14)13-23/h1-2,4-7,12H,3,8-11,13H2,(H,22,24). The molecular formula is C19H20Cl2N2O. The maximum Gasteiger partial charge on any atom is 0.252 e. The molecule has 0 bridgehead atoms. The number of amides is 1. The highest BCUT2D eigenvalue weighted by Gasteiger charge is 2.15. The summed E-state index contributed by atoms with van der Waals surface area (Å²) in [6.07, 6.45) is 2.02. The lowest BCUT2D eigenvalue weighted by atomic mass is 10.00. The number of halogens is 2. The number of nitrogens with one attached hydrogen (secondary N) is 1. The van der Waals surface area contributed by atoms with Gasteiger partial charge in [0.2, 0.25) is 0 Å². The lowest BCUT2D eigenvalue weighted by Gasteiger charge is -2.28. The van der Waals surface area contributed by atoms with Crippen molar-refractivity contribution in [3.63, 3.8) is 0 Å². The van der Waals surface area contributed by atoms with Gasteiger partial charge in [-0.15, -0.1) is 0 Å². The lowest BCUT2D eigenvalue weighted by Crippen LogP contribution is -2.33. The van der Waals surface area contributed by atoms with E-state index in [0.717, 1.165) is 32.5 Å². The molecule has 0 atom stereocenters. The van der Waals surface area contributed by atoms with Crippen LogP contribution < -0.4 is 5.32 Å². The number of rotatable bonds is 5. The van der Waals surface area contributed by atoms with E-state index in [-0.39, 0.29) is 5.91 Å². The number of fused-ring (bicyclic) bond motifs is 1. The Labute approximate surface area is 152 Å². The SMILES string of the molecule is O=C(NCCCN1CCc2ccccc2C1)c1ccc(Cl)cc1Cl. The highest BCUT2D eigenvalue weighted by Crippen LogP contribution is 2.21. The average Bonchev–Trinajstić information content (AvgIpc) is 2.58. The van der Waals surface area contributed by atoms with E-state index in [1.165, 1.54) is 11.1 Å². The summed E-state index contributed by atoms with van der Waals surface area (Å²) in [5, 5.41) is 3.84. The van der Waals surface area contributed by atoms with E-state index in [9.17, 15) is 4.79 Å². The van der Waals surface area contributed by atoms with Crippen LogP contribution in [-0.2, 0) is 13.0 Å². The predicted octanol–water partition coefficient (Wildman–Crippen LogP) is 4.17. The first-order valence-electron chi connectivity index (χ1n) is 8.16. The maximum atomic E-state index is 12.1. The molecule has 1 amide bonds. The molecular weight excluding hydrogens is 343 g/mol. The molecule has 3 rings (SSSR count). The van der Waals surface area contributed by atoms with Gasteiger partial charge in [0, 0.05) is 31.2 Å². The summed E-state index contributed by atoms with van der Waals surface area (Å²) in [4.78, 5) is 14.6. The molecule has 0 fully saturated rings. The highest BCUT2D eigenvalue weighted by atomic mass is 35.5. The third-order valence-electron chi connectivity index (χ3n) is 4.32. The fourth-order valence-electron chi connectivity index (χ4n) is 3.02. The van der Waals surface area contributed by atoms with Gasteiger partial charge in [0.05, 0.1) is 10.6 Å². The van der Waals surface area contributed by atoms with Crippen molar-refractivity contribution in [1.29, 1.82) is 0 Å². The molecule has 3 nitrogen and oxygen atoms in total. The molecule has 2 aromatic rings. The van der Waals surface area contributed by atoms with Crippen LogP contribution >= 0.6 is 23.2 Å². The molecule has 2 aromatic carbocycles. The maximum absolute atomic E-state index is 12.1. The molecule has 0 aliphatic carbocycles. The van der Waals surface area contributed by atoms with Crippen LogP contribution in [0.2, 0.25) is 10.0 Å². The Morgan fingerprint density at radius 1 is 1.12 bits per heavy atom. The minimum absolute atomic E-state index is 0.152. The van der Waals surface area contributed by atoms with Crippen molar-refractivity contribution in [3.05, 3.63) is 69.2 Å². The van der Waals surface area contributed by atoms with Crippen LogP contribution in [0.4, 0.5) is 0 Å². The van der Waals surface area contributed by atoms with Gasteiger partial charge in [0.15, 0.2) is 0 Å². The van der Waals surface area contributed by atoms with Gasteiger partial charge in [-0.05, 0) is 42.2 Å². The van der Waals surface area contributed by atoms with Crippen LogP contribution in [0.1, 0.15) is 27.9 Å². The molecule has 0 aromatic heterocycles. The molecule has 0 saturated carbocycles. The van der Waals surface area contributed by atoms with Crippen LogP contribution in [0.25, 0.3) is 0 Å². The van der Waals surface area contributed by atoms with E-state index < -0.39 is 0 Å². The van der Waals surface area contributed by atoms with E-state index in [1.54, 1.807) is 18.2 Å². The van der Waals surface area contributed by atoms with E-state index in [1.807, 2.05) is 0 Å². The third kappa shape index (κ3) is 4.29. The first-order chi connectivity index (χ1) is 11.6. The van der Waals surface area contributed by atoms with E-state index in [0.29, 0.717) is 22.2 Å². The summed E-state index contributed by atoms with van der Waals surface area (Å²) in [5.74, 6) is -0.152. The van der Waals surface area contributed by atoms with Gasteiger partial charge >= 0.3 is 0 Å². The zero-order chi connectivity index (χ0) is 16.9. The largest absolute Gasteiger partial charge is 0.352 e. The van der Waals surface area contributed by atoms with Crippen LogP contribution in [-0.4, -0.2) is 30.4 Å². The van der Waals surface area contributed by atoms with Gasteiger partial charge < -0.3 is 5.32 Å². The topological polar surface area (TPSA) is 32.3 Å². The molecule has 5 heteroatoms. The summed E-state index contributed by atoms with van der Waals surface area (Å²) in [6, 6.07) is 13.5. The molecule has 1 heterocycles. The average molecular weight is 363 g/mol. The van der Waals surface area contributed by atoms with Crippen LogP contribution in [0.3, 0.4) is 0 Å². The van der Waals surface area contributed by atoms with Crippen molar-refractivity contribution in [1.82, 2.24) is 10.2 Å². The first-order valence-corrected chi connectivity index (χ1v) is 8.91. The monoisotopic (exact) mass is 362 g/mol. The smallest absolute Gasteiger partial charge is 0.252 e. The Morgan fingerprint density at radius 3 is 2.71 bits per heavy atom. The minimum Gasteiger partial charge on any atom is -0.352 e. The van der Waals surface area contributed by atoms with Gasteiger partial charge in [0.1, 0.15) is 0 Å². The molecule has 1 N–H and O–H groups in total. The second-order valence-electron chi connectivity index (χ2n) is 6.03. The second-order valence-corrected chi connectivity index (χ2v) is 6.87. The summed E-state index contributed by atoms with van der Waals surface area (Å²) < 4.78 is 0. The Balaban J connectivity index is 1.44.